The van der Waals surface area contributed by atoms with E-state index in [1.807, 2.05) is 0 Å². The highest BCUT2D eigenvalue weighted by Crippen LogP contribution is 2.43. The maximum absolute atomic E-state index is 12.5. The van der Waals surface area contributed by atoms with Crippen LogP contribution >= 0.6 is 46.4 Å². The van der Waals surface area contributed by atoms with Gasteiger partial charge < -0.3 is 31.5 Å². The minimum atomic E-state index is -0.551. The van der Waals surface area contributed by atoms with Crippen LogP contribution in [-0.2, 0) is 32.3 Å². The molecule has 0 saturated heterocycles. The van der Waals surface area contributed by atoms with Gasteiger partial charge in [-0.1, -0.05) is 46.4 Å². The Hall–Kier alpha value is -3.71. The third kappa shape index (κ3) is 7.45. The normalized spacial score (nSPS) is 10.6. The highest BCUT2D eigenvalue weighted by Gasteiger charge is 2.21. The molecule has 0 spiro atoms. The van der Waals surface area contributed by atoms with Crippen molar-refractivity contribution in [1.82, 2.24) is 4.57 Å². The van der Waals surface area contributed by atoms with E-state index in [0.717, 1.165) is 0 Å². The fourth-order valence-electron chi connectivity index (χ4n) is 3.33. The summed E-state index contributed by atoms with van der Waals surface area (Å²) in [5.74, 6) is -2.96. The molecule has 39 heavy (non-hydrogen) atoms. The lowest BCUT2D eigenvalue weighted by molar-refractivity contribution is -0.683. The molecule has 0 fully saturated rings. The molecule has 4 amide bonds. The van der Waals surface area contributed by atoms with E-state index < -0.39 is 35.1 Å². The van der Waals surface area contributed by atoms with Crippen LogP contribution in [0.5, 0.6) is 11.5 Å². The van der Waals surface area contributed by atoms with Gasteiger partial charge in [-0.05, 0) is 12.1 Å². The van der Waals surface area contributed by atoms with E-state index in [4.69, 9.17) is 46.4 Å². The summed E-state index contributed by atoms with van der Waals surface area (Å²) in [5, 5.41) is 29.9. The monoisotopic (exact) mass is 617 g/mol. The summed E-state index contributed by atoms with van der Waals surface area (Å²) in [6.07, 6.45) is 4.53. The lowest BCUT2D eigenvalue weighted by Gasteiger charge is -2.13. The predicted octanol–water partition coefficient (Wildman–Crippen LogP) is 3.99. The summed E-state index contributed by atoms with van der Waals surface area (Å²) in [4.78, 5) is 47.6. The minimum Gasteiger partial charge on any atom is -0.504 e. The summed E-state index contributed by atoms with van der Waals surface area (Å²) in [5.41, 5.74) is -0.115. The largest absolute Gasteiger partial charge is 0.504 e. The van der Waals surface area contributed by atoms with Crippen molar-refractivity contribution < 1.29 is 34.0 Å². The molecule has 0 aliphatic carbocycles. The zero-order chi connectivity index (χ0) is 29.0. The fraction of sp³-hybridized carbons (Fsp3) is 0.174. The van der Waals surface area contributed by atoms with Gasteiger partial charge in [0, 0.05) is 13.8 Å². The van der Waals surface area contributed by atoms with Gasteiger partial charge in [0.25, 0.3) is 11.8 Å². The van der Waals surface area contributed by atoms with Gasteiger partial charge in [0.05, 0.1) is 32.8 Å². The van der Waals surface area contributed by atoms with Gasteiger partial charge in [0.2, 0.25) is 18.1 Å². The third-order valence-corrected chi connectivity index (χ3v) is 6.27. The topological polar surface area (TPSA) is 166 Å². The van der Waals surface area contributed by atoms with E-state index in [-0.39, 0.29) is 55.9 Å². The van der Waals surface area contributed by atoms with E-state index in [0.29, 0.717) is 0 Å². The number of rotatable bonds is 8. The van der Waals surface area contributed by atoms with E-state index >= 15 is 0 Å². The maximum atomic E-state index is 12.5. The van der Waals surface area contributed by atoms with E-state index in [1.165, 1.54) is 53.8 Å². The lowest BCUT2D eigenvalue weighted by atomic mass is 10.2. The van der Waals surface area contributed by atoms with Crippen LogP contribution in [-0.4, -0.2) is 38.4 Å². The molecular formula is C23H21Cl4N6O6+. The van der Waals surface area contributed by atoms with Crippen LogP contribution in [0.25, 0.3) is 0 Å². The van der Waals surface area contributed by atoms with Crippen molar-refractivity contribution in [3.8, 4) is 11.5 Å². The van der Waals surface area contributed by atoms with Gasteiger partial charge in [-0.2, -0.15) is 0 Å². The van der Waals surface area contributed by atoms with Crippen molar-refractivity contribution in [2.75, 3.05) is 21.3 Å². The summed E-state index contributed by atoms with van der Waals surface area (Å²) >= 11 is 24.3. The Morgan fingerprint density at radius 3 is 1.72 bits per heavy atom. The summed E-state index contributed by atoms with van der Waals surface area (Å²) in [6.45, 7) is 2.09. The number of hydrogen-bond donors (Lipinski definition) is 6. The maximum Gasteiger partial charge on any atom is 0.266 e. The molecule has 12 nitrogen and oxygen atoms in total. The molecule has 2 aromatic carbocycles. The van der Waals surface area contributed by atoms with Crippen LogP contribution in [0.3, 0.4) is 0 Å². The lowest BCUT2D eigenvalue weighted by Crippen LogP contribution is -2.38. The molecular weight excluding hydrogens is 598 g/mol. The number of phenolic OH excluding ortho intramolecular Hbond substituents is 2. The Bertz CT molecular complexity index is 1380. The van der Waals surface area contributed by atoms with Gasteiger partial charge in [0.1, 0.15) is 22.4 Å². The number of anilines is 4. The second-order valence-corrected chi connectivity index (χ2v) is 9.67. The number of nitrogens with one attached hydrogen (secondary N) is 4. The standard InChI is InChI=1S/C23H20Cl4N6O6/c1-10(34)28-20-12(24)5-14(22(38)18(20)26)30-16(36)7-32-3-4-33(9-32)8-17(37)31-15-6-13(25)21(29-11(2)35)19(27)23(15)39/h3-6,9H,7-8H2,1-2H3,(H5-,28,29,30,31,34,35,36,37,38,39)/p+1. The number of carbonyl (C=O) groups excluding carboxylic acids is 4. The first-order valence-corrected chi connectivity index (χ1v) is 12.4. The highest BCUT2D eigenvalue weighted by atomic mass is 35.5. The van der Waals surface area contributed by atoms with Gasteiger partial charge in [-0.15, -0.1) is 0 Å². The van der Waals surface area contributed by atoms with Crippen LogP contribution in [0.1, 0.15) is 13.8 Å². The van der Waals surface area contributed by atoms with Crippen LogP contribution in [0.4, 0.5) is 22.7 Å². The number of carbonyl (C=O) groups is 4. The number of aromatic nitrogens is 2. The molecule has 16 heteroatoms. The summed E-state index contributed by atoms with van der Waals surface area (Å²) < 4.78 is 2.92. The fourth-order valence-corrected chi connectivity index (χ4v) is 4.43. The first-order valence-electron chi connectivity index (χ1n) is 10.9. The molecule has 0 aliphatic rings. The number of phenols is 2. The average molecular weight is 619 g/mol. The summed E-state index contributed by atoms with van der Waals surface area (Å²) in [6, 6.07) is 2.48. The van der Waals surface area contributed by atoms with Crippen LogP contribution in [0, 0.1) is 0 Å². The van der Waals surface area contributed by atoms with E-state index in [1.54, 1.807) is 0 Å². The van der Waals surface area contributed by atoms with Crippen LogP contribution in [0.2, 0.25) is 20.1 Å². The smallest absolute Gasteiger partial charge is 0.266 e. The Morgan fingerprint density at radius 1 is 0.795 bits per heavy atom. The van der Waals surface area contributed by atoms with Crippen LogP contribution in [0.15, 0.2) is 30.9 Å². The molecule has 1 aromatic heterocycles. The van der Waals surface area contributed by atoms with Crippen molar-refractivity contribution in [2.24, 2.45) is 0 Å². The molecule has 206 valence electrons. The van der Waals surface area contributed by atoms with Crippen molar-refractivity contribution >= 4 is 92.8 Å². The molecule has 0 radical (unpaired) electrons. The Morgan fingerprint density at radius 2 is 1.26 bits per heavy atom. The molecule has 0 atom stereocenters. The molecule has 0 unspecified atom stereocenters. The Balaban J connectivity index is 1.64. The summed E-state index contributed by atoms with van der Waals surface area (Å²) in [7, 11) is 0. The zero-order valence-electron chi connectivity index (χ0n) is 20.2. The number of hydrogen-bond acceptors (Lipinski definition) is 6. The first kappa shape index (κ1) is 29.8. The number of halogens is 4. The number of amides is 4. The van der Waals surface area contributed by atoms with Gasteiger partial charge in [-0.3, -0.25) is 19.2 Å². The number of benzene rings is 2. The minimum absolute atomic E-state index is 0.00600. The Kier molecular flexibility index (Phi) is 9.51. The number of aromatic hydroxyl groups is 2. The first-order chi connectivity index (χ1) is 18.3. The predicted molar refractivity (Wildman–Crippen MR) is 147 cm³/mol. The van der Waals surface area contributed by atoms with E-state index in [2.05, 4.69) is 21.3 Å². The van der Waals surface area contributed by atoms with Crippen molar-refractivity contribution in [3.63, 3.8) is 0 Å². The molecule has 0 bridgehead atoms. The second-order valence-electron chi connectivity index (χ2n) is 8.10. The number of imidazole rings is 1. The molecule has 6 N–H and O–H groups in total. The molecule has 0 aliphatic heterocycles. The van der Waals surface area contributed by atoms with Crippen molar-refractivity contribution in [3.05, 3.63) is 50.9 Å². The van der Waals surface area contributed by atoms with Gasteiger partial charge >= 0.3 is 0 Å². The molecule has 0 saturated carbocycles. The van der Waals surface area contributed by atoms with Crippen molar-refractivity contribution in [1.29, 1.82) is 0 Å². The third-order valence-electron chi connectivity index (χ3n) is 4.93. The van der Waals surface area contributed by atoms with Gasteiger partial charge in [0.15, 0.2) is 24.6 Å². The van der Waals surface area contributed by atoms with Gasteiger partial charge in [-0.25, -0.2) is 9.13 Å². The number of nitrogens with zero attached hydrogens (tertiary/aromatic N) is 2. The van der Waals surface area contributed by atoms with Crippen molar-refractivity contribution in [2.45, 2.75) is 26.9 Å². The Labute approximate surface area is 241 Å². The van der Waals surface area contributed by atoms with E-state index in [9.17, 15) is 29.4 Å². The van der Waals surface area contributed by atoms with Crippen LogP contribution < -0.4 is 25.8 Å². The highest BCUT2D eigenvalue weighted by molar-refractivity contribution is 6.42. The average Bonchev–Trinajstić information content (AvgIpc) is 3.27. The molecule has 3 aromatic rings. The quantitative estimate of drug-likeness (QED) is 0.165. The SMILES string of the molecule is CC(=O)Nc1c(Cl)cc(NC(=O)Cn2cc[n+](CC(=O)Nc3cc(Cl)c(NC(C)=O)c(Cl)c3O)c2)c(O)c1Cl. The second kappa shape index (κ2) is 12.4. The molecule has 1 heterocycles. The zero-order valence-corrected chi connectivity index (χ0v) is 23.3. The molecule has 3 rings (SSSR count).